The Labute approximate surface area is 104 Å². The predicted octanol–water partition coefficient (Wildman–Crippen LogP) is 3.07. The Bertz CT molecular complexity index is 399. The van der Waals surface area contributed by atoms with Crippen LogP contribution in [0.5, 0.6) is 0 Å². The van der Waals surface area contributed by atoms with Crippen LogP contribution < -0.4 is 10.6 Å². The van der Waals surface area contributed by atoms with Gasteiger partial charge < -0.3 is 10.6 Å². The molecule has 2 amide bonds. The molecule has 0 aliphatic rings. The summed E-state index contributed by atoms with van der Waals surface area (Å²) in [5.74, 6) is 0. The third kappa shape index (κ3) is 4.10. The number of amides is 2. The molecule has 2 N–H and O–H groups in total. The summed E-state index contributed by atoms with van der Waals surface area (Å²) in [5.41, 5.74) is 3.58. The first kappa shape index (κ1) is 13.6. The minimum atomic E-state index is -0.117. The van der Waals surface area contributed by atoms with E-state index in [2.05, 4.69) is 42.7 Å². The maximum Gasteiger partial charge on any atom is 0.315 e. The van der Waals surface area contributed by atoms with Gasteiger partial charge in [-0.05, 0) is 45.7 Å². The van der Waals surface area contributed by atoms with E-state index in [0.29, 0.717) is 0 Å². The molecule has 0 saturated heterocycles. The Hall–Kier alpha value is -1.51. The van der Waals surface area contributed by atoms with Crippen molar-refractivity contribution in [2.24, 2.45) is 0 Å². The van der Waals surface area contributed by atoms with E-state index in [0.717, 1.165) is 0 Å². The molecule has 0 saturated carbocycles. The molecule has 3 heteroatoms. The number of carbonyl (C=O) groups excluding carboxylic acids is 1. The first-order valence-electron chi connectivity index (χ1n) is 6.04. The number of benzene rings is 1. The van der Waals surface area contributed by atoms with Crippen molar-refractivity contribution in [2.75, 3.05) is 0 Å². The summed E-state index contributed by atoms with van der Waals surface area (Å²) in [4.78, 5) is 11.6. The van der Waals surface area contributed by atoms with Crippen LogP contribution in [0.4, 0.5) is 4.79 Å². The molecule has 1 unspecified atom stereocenters. The second-order valence-corrected chi connectivity index (χ2v) is 4.85. The molecule has 17 heavy (non-hydrogen) atoms. The minimum Gasteiger partial charge on any atom is -0.336 e. The lowest BCUT2D eigenvalue weighted by molar-refractivity contribution is 0.235. The molecular formula is C14H22N2O. The molecular weight excluding hydrogens is 212 g/mol. The molecule has 0 spiro atoms. The molecule has 0 fully saturated rings. The zero-order valence-electron chi connectivity index (χ0n) is 11.3. The van der Waals surface area contributed by atoms with Gasteiger partial charge in [-0.25, -0.2) is 4.79 Å². The van der Waals surface area contributed by atoms with Gasteiger partial charge >= 0.3 is 6.03 Å². The number of nitrogens with one attached hydrogen (secondary N) is 2. The van der Waals surface area contributed by atoms with Gasteiger partial charge in [0.2, 0.25) is 0 Å². The maximum absolute atomic E-state index is 11.6. The molecule has 1 rings (SSSR count). The average Bonchev–Trinajstić information content (AvgIpc) is 2.20. The molecule has 0 aromatic heterocycles. The first-order valence-corrected chi connectivity index (χ1v) is 6.04. The topological polar surface area (TPSA) is 41.1 Å². The minimum absolute atomic E-state index is 0.0219. The zero-order valence-corrected chi connectivity index (χ0v) is 11.3. The van der Waals surface area contributed by atoms with E-state index in [1.165, 1.54) is 16.7 Å². The summed E-state index contributed by atoms with van der Waals surface area (Å²) >= 11 is 0. The lowest BCUT2D eigenvalue weighted by atomic mass is 10.0. The van der Waals surface area contributed by atoms with Crippen molar-refractivity contribution in [2.45, 2.75) is 46.7 Å². The summed E-state index contributed by atoms with van der Waals surface area (Å²) in [6.45, 7) is 10.0. The van der Waals surface area contributed by atoms with Gasteiger partial charge in [0.05, 0.1) is 6.04 Å². The van der Waals surface area contributed by atoms with Gasteiger partial charge in [-0.2, -0.15) is 0 Å². The van der Waals surface area contributed by atoms with Crippen molar-refractivity contribution in [1.29, 1.82) is 0 Å². The number of urea groups is 1. The lowest BCUT2D eigenvalue weighted by Gasteiger charge is -2.18. The molecule has 0 heterocycles. The summed E-state index contributed by atoms with van der Waals surface area (Å²) in [7, 11) is 0. The van der Waals surface area contributed by atoms with Crippen LogP contribution in [0.15, 0.2) is 18.2 Å². The predicted molar refractivity (Wildman–Crippen MR) is 71.1 cm³/mol. The van der Waals surface area contributed by atoms with E-state index in [1.807, 2.05) is 20.8 Å². The van der Waals surface area contributed by atoms with Gasteiger partial charge in [0.1, 0.15) is 0 Å². The van der Waals surface area contributed by atoms with Crippen LogP contribution in [0, 0.1) is 13.8 Å². The Morgan fingerprint density at radius 1 is 1.12 bits per heavy atom. The van der Waals surface area contributed by atoms with Gasteiger partial charge in [-0.1, -0.05) is 23.8 Å². The normalized spacial score (nSPS) is 12.4. The maximum atomic E-state index is 11.6. The molecule has 0 radical (unpaired) electrons. The molecule has 0 aliphatic carbocycles. The third-order valence-corrected chi connectivity index (χ3v) is 2.67. The third-order valence-electron chi connectivity index (χ3n) is 2.67. The van der Waals surface area contributed by atoms with Crippen molar-refractivity contribution in [3.8, 4) is 0 Å². The number of carbonyl (C=O) groups is 1. The van der Waals surface area contributed by atoms with Gasteiger partial charge in [0.25, 0.3) is 0 Å². The van der Waals surface area contributed by atoms with Gasteiger partial charge in [0.15, 0.2) is 0 Å². The standard InChI is InChI=1S/C14H22N2O/c1-9(2)15-14(17)16-12(5)13-8-10(3)6-7-11(13)4/h6-9,12H,1-5H3,(H2,15,16,17). The first-order chi connectivity index (χ1) is 7.90. The smallest absolute Gasteiger partial charge is 0.315 e. The number of aryl methyl sites for hydroxylation is 2. The van der Waals surface area contributed by atoms with E-state index in [1.54, 1.807) is 0 Å². The van der Waals surface area contributed by atoms with Crippen LogP contribution in [0.1, 0.15) is 43.5 Å². The highest BCUT2D eigenvalue weighted by Gasteiger charge is 2.12. The average molecular weight is 234 g/mol. The number of hydrogen-bond donors (Lipinski definition) is 2. The van der Waals surface area contributed by atoms with E-state index in [9.17, 15) is 4.79 Å². The summed E-state index contributed by atoms with van der Waals surface area (Å²) in [6, 6.07) is 6.35. The molecule has 1 atom stereocenters. The highest BCUT2D eigenvalue weighted by atomic mass is 16.2. The highest BCUT2D eigenvalue weighted by molar-refractivity contribution is 5.74. The highest BCUT2D eigenvalue weighted by Crippen LogP contribution is 2.18. The Morgan fingerprint density at radius 3 is 2.35 bits per heavy atom. The van der Waals surface area contributed by atoms with E-state index < -0.39 is 0 Å². The molecule has 0 bridgehead atoms. The van der Waals surface area contributed by atoms with Crippen molar-refractivity contribution in [3.05, 3.63) is 34.9 Å². The van der Waals surface area contributed by atoms with Gasteiger partial charge in [-0.3, -0.25) is 0 Å². The van der Waals surface area contributed by atoms with Crippen LogP contribution in [-0.2, 0) is 0 Å². The summed E-state index contributed by atoms with van der Waals surface area (Å²) in [6.07, 6.45) is 0. The van der Waals surface area contributed by atoms with Crippen molar-refractivity contribution in [3.63, 3.8) is 0 Å². The second-order valence-electron chi connectivity index (χ2n) is 4.85. The van der Waals surface area contributed by atoms with Gasteiger partial charge in [-0.15, -0.1) is 0 Å². The SMILES string of the molecule is Cc1ccc(C)c(C(C)NC(=O)NC(C)C)c1. The summed E-state index contributed by atoms with van der Waals surface area (Å²) < 4.78 is 0. The van der Waals surface area contributed by atoms with Crippen LogP contribution in [-0.4, -0.2) is 12.1 Å². The largest absolute Gasteiger partial charge is 0.336 e. The molecule has 3 nitrogen and oxygen atoms in total. The lowest BCUT2D eigenvalue weighted by Crippen LogP contribution is -2.40. The fourth-order valence-electron chi connectivity index (χ4n) is 1.80. The van der Waals surface area contributed by atoms with E-state index >= 15 is 0 Å². The Morgan fingerprint density at radius 2 is 1.76 bits per heavy atom. The van der Waals surface area contributed by atoms with Gasteiger partial charge in [0, 0.05) is 6.04 Å². The van der Waals surface area contributed by atoms with Crippen molar-refractivity contribution >= 4 is 6.03 Å². The monoisotopic (exact) mass is 234 g/mol. The Balaban J connectivity index is 2.72. The van der Waals surface area contributed by atoms with E-state index in [-0.39, 0.29) is 18.1 Å². The fraction of sp³-hybridized carbons (Fsp3) is 0.500. The zero-order chi connectivity index (χ0) is 13.0. The van der Waals surface area contributed by atoms with E-state index in [4.69, 9.17) is 0 Å². The molecule has 0 aliphatic heterocycles. The fourth-order valence-corrected chi connectivity index (χ4v) is 1.80. The number of rotatable bonds is 3. The van der Waals surface area contributed by atoms with Crippen LogP contribution in [0.3, 0.4) is 0 Å². The summed E-state index contributed by atoms with van der Waals surface area (Å²) in [5, 5.41) is 5.77. The van der Waals surface area contributed by atoms with Crippen LogP contribution >= 0.6 is 0 Å². The second kappa shape index (κ2) is 5.71. The number of hydrogen-bond acceptors (Lipinski definition) is 1. The quantitative estimate of drug-likeness (QED) is 0.829. The molecule has 1 aromatic carbocycles. The molecule has 1 aromatic rings. The van der Waals surface area contributed by atoms with Crippen molar-refractivity contribution < 1.29 is 4.79 Å². The Kier molecular flexibility index (Phi) is 4.55. The van der Waals surface area contributed by atoms with Crippen LogP contribution in [0.2, 0.25) is 0 Å². The molecule has 94 valence electrons. The van der Waals surface area contributed by atoms with Crippen molar-refractivity contribution in [1.82, 2.24) is 10.6 Å². The van der Waals surface area contributed by atoms with Crippen LogP contribution in [0.25, 0.3) is 0 Å².